The number of carbonyl (C=O) groups excluding carboxylic acids is 1. The van der Waals surface area contributed by atoms with Crippen molar-refractivity contribution in [3.63, 3.8) is 0 Å². The highest BCUT2D eigenvalue weighted by Gasteiger charge is 2.31. The molecular formula is C23H34F2N2O2. The van der Waals surface area contributed by atoms with Crippen LogP contribution in [0.3, 0.4) is 0 Å². The van der Waals surface area contributed by atoms with E-state index in [1.807, 2.05) is 4.90 Å². The maximum absolute atomic E-state index is 14.0. The van der Waals surface area contributed by atoms with E-state index in [0.717, 1.165) is 38.5 Å². The fraction of sp³-hybridized carbons (Fsp3) is 0.696. The molecule has 162 valence electrons. The van der Waals surface area contributed by atoms with Crippen LogP contribution in [0.4, 0.5) is 8.78 Å². The second-order valence-electron chi connectivity index (χ2n) is 8.97. The molecule has 2 saturated heterocycles. The fourth-order valence-electron chi connectivity index (χ4n) is 4.30. The molecule has 6 heteroatoms. The first-order chi connectivity index (χ1) is 13.8. The minimum Gasteiger partial charge on any atom is -0.487 e. The van der Waals surface area contributed by atoms with Gasteiger partial charge in [0.2, 0.25) is 5.91 Å². The van der Waals surface area contributed by atoms with Gasteiger partial charge < -0.3 is 14.5 Å². The predicted octanol–water partition coefficient (Wildman–Crippen LogP) is 4.40. The predicted molar refractivity (Wildman–Crippen MR) is 110 cm³/mol. The molecule has 0 atom stereocenters. The second kappa shape index (κ2) is 9.88. The summed E-state index contributed by atoms with van der Waals surface area (Å²) in [6.07, 6.45) is 4.29. The molecule has 2 aliphatic heterocycles. The van der Waals surface area contributed by atoms with Gasteiger partial charge in [0.05, 0.1) is 0 Å². The van der Waals surface area contributed by atoms with Crippen molar-refractivity contribution in [2.24, 2.45) is 11.8 Å². The number of ether oxygens (including phenoxy) is 1. The van der Waals surface area contributed by atoms with Crippen LogP contribution in [0.15, 0.2) is 12.1 Å². The normalized spacial score (nSPS) is 19.7. The van der Waals surface area contributed by atoms with Gasteiger partial charge in [-0.1, -0.05) is 13.8 Å². The van der Waals surface area contributed by atoms with Gasteiger partial charge in [0.15, 0.2) is 11.6 Å². The quantitative estimate of drug-likeness (QED) is 0.699. The van der Waals surface area contributed by atoms with Crippen molar-refractivity contribution in [2.75, 3.05) is 32.7 Å². The topological polar surface area (TPSA) is 32.8 Å². The van der Waals surface area contributed by atoms with Crippen LogP contribution < -0.4 is 4.74 Å². The molecule has 2 heterocycles. The number of aryl methyl sites for hydroxylation is 1. The number of nitrogens with zero attached hydrogens (tertiary/aromatic N) is 2. The summed E-state index contributed by atoms with van der Waals surface area (Å²) in [5.41, 5.74) is 0.463. The van der Waals surface area contributed by atoms with Crippen LogP contribution in [0.1, 0.15) is 51.5 Å². The maximum Gasteiger partial charge on any atom is 0.225 e. The molecular weight excluding hydrogens is 374 g/mol. The molecule has 0 unspecified atom stereocenters. The number of likely N-dealkylation sites (tertiary alicyclic amines) is 2. The van der Waals surface area contributed by atoms with Gasteiger partial charge in [-0.3, -0.25) is 4.79 Å². The van der Waals surface area contributed by atoms with E-state index in [1.54, 1.807) is 6.92 Å². The van der Waals surface area contributed by atoms with Gasteiger partial charge in [0.1, 0.15) is 11.9 Å². The molecule has 1 amide bonds. The number of piperidine rings is 2. The number of hydrogen-bond donors (Lipinski definition) is 0. The summed E-state index contributed by atoms with van der Waals surface area (Å²) >= 11 is 0. The molecule has 0 bridgehead atoms. The Kier molecular flexibility index (Phi) is 7.49. The number of halogens is 2. The first-order valence-electron chi connectivity index (χ1n) is 11.0. The summed E-state index contributed by atoms with van der Waals surface area (Å²) in [4.78, 5) is 17.3. The van der Waals surface area contributed by atoms with E-state index >= 15 is 0 Å². The third-order valence-electron chi connectivity index (χ3n) is 6.19. The number of hydrogen-bond acceptors (Lipinski definition) is 3. The Hall–Kier alpha value is -1.69. The zero-order chi connectivity index (χ0) is 21.0. The van der Waals surface area contributed by atoms with Gasteiger partial charge >= 0.3 is 0 Å². The van der Waals surface area contributed by atoms with Crippen LogP contribution in [-0.2, 0) is 4.79 Å². The first kappa shape index (κ1) is 22.0. The molecule has 3 rings (SSSR count). The van der Waals surface area contributed by atoms with Crippen molar-refractivity contribution in [1.82, 2.24) is 9.80 Å². The Morgan fingerprint density at radius 2 is 1.76 bits per heavy atom. The summed E-state index contributed by atoms with van der Waals surface area (Å²) in [6, 6.07) is 2.14. The van der Waals surface area contributed by atoms with Crippen LogP contribution in [0.2, 0.25) is 0 Å². The van der Waals surface area contributed by atoms with Gasteiger partial charge in [-0.2, -0.15) is 0 Å². The van der Waals surface area contributed by atoms with Crippen molar-refractivity contribution >= 4 is 5.91 Å². The van der Waals surface area contributed by atoms with Gasteiger partial charge in [-0.05, 0) is 63.4 Å². The van der Waals surface area contributed by atoms with Crippen LogP contribution in [-0.4, -0.2) is 54.5 Å². The lowest BCUT2D eigenvalue weighted by Crippen LogP contribution is -2.47. The Labute approximate surface area is 173 Å². The van der Waals surface area contributed by atoms with Gasteiger partial charge in [0, 0.05) is 37.9 Å². The molecule has 2 fully saturated rings. The van der Waals surface area contributed by atoms with Gasteiger partial charge in [-0.25, -0.2) is 8.78 Å². The minimum atomic E-state index is -0.662. The van der Waals surface area contributed by atoms with E-state index in [2.05, 4.69) is 18.7 Å². The lowest BCUT2D eigenvalue weighted by molar-refractivity contribution is -0.139. The van der Waals surface area contributed by atoms with Gasteiger partial charge in [-0.15, -0.1) is 0 Å². The largest absolute Gasteiger partial charge is 0.487 e. The SMILES string of the molecule is Cc1cc(F)cc(F)c1OC1CCN(C(=O)C2CCN(CCC(C)C)CC2)CC1. The highest BCUT2D eigenvalue weighted by Crippen LogP contribution is 2.28. The van der Waals surface area contributed by atoms with E-state index in [0.29, 0.717) is 37.4 Å². The fourth-order valence-corrected chi connectivity index (χ4v) is 4.30. The van der Waals surface area contributed by atoms with Crippen LogP contribution in [0.25, 0.3) is 0 Å². The summed E-state index contributed by atoms with van der Waals surface area (Å²) in [6.45, 7) is 10.6. The highest BCUT2D eigenvalue weighted by molar-refractivity contribution is 5.79. The maximum atomic E-state index is 14.0. The Morgan fingerprint density at radius 3 is 2.34 bits per heavy atom. The van der Waals surface area contributed by atoms with E-state index < -0.39 is 11.6 Å². The lowest BCUT2D eigenvalue weighted by Gasteiger charge is -2.37. The van der Waals surface area contributed by atoms with Crippen molar-refractivity contribution in [3.05, 3.63) is 29.3 Å². The van der Waals surface area contributed by atoms with E-state index in [1.165, 1.54) is 12.5 Å². The van der Waals surface area contributed by atoms with Crippen LogP contribution >= 0.6 is 0 Å². The standard InChI is InChI=1S/C23H34F2N2O2/c1-16(2)4-9-26-10-5-18(6-11-26)23(28)27-12-7-20(8-13-27)29-22-17(3)14-19(24)15-21(22)25/h14-16,18,20H,4-13H2,1-3H3. The third kappa shape index (κ3) is 5.91. The lowest BCUT2D eigenvalue weighted by atomic mass is 9.93. The molecule has 4 nitrogen and oxygen atoms in total. The summed E-state index contributed by atoms with van der Waals surface area (Å²) in [5.74, 6) is -0.0288. The molecule has 0 N–H and O–H groups in total. The number of amides is 1. The molecule has 29 heavy (non-hydrogen) atoms. The molecule has 2 aliphatic rings. The summed E-state index contributed by atoms with van der Waals surface area (Å²) in [7, 11) is 0. The molecule has 0 radical (unpaired) electrons. The van der Waals surface area contributed by atoms with E-state index in [9.17, 15) is 13.6 Å². The second-order valence-corrected chi connectivity index (χ2v) is 8.97. The number of carbonyl (C=O) groups is 1. The van der Waals surface area contributed by atoms with Crippen molar-refractivity contribution in [3.8, 4) is 5.75 Å². The summed E-state index contributed by atoms with van der Waals surface area (Å²) < 4.78 is 33.1. The summed E-state index contributed by atoms with van der Waals surface area (Å²) in [5, 5.41) is 0. The Balaban J connectivity index is 1.44. The van der Waals surface area contributed by atoms with Crippen molar-refractivity contribution < 1.29 is 18.3 Å². The first-order valence-corrected chi connectivity index (χ1v) is 11.0. The van der Waals surface area contributed by atoms with Crippen LogP contribution in [0, 0.1) is 30.4 Å². The molecule has 0 aliphatic carbocycles. The monoisotopic (exact) mass is 408 g/mol. The van der Waals surface area contributed by atoms with E-state index in [-0.39, 0.29) is 23.7 Å². The molecule has 0 spiro atoms. The van der Waals surface area contributed by atoms with Crippen molar-refractivity contribution in [1.29, 1.82) is 0 Å². The minimum absolute atomic E-state index is 0.125. The molecule has 0 saturated carbocycles. The van der Waals surface area contributed by atoms with Gasteiger partial charge in [0.25, 0.3) is 0 Å². The van der Waals surface area contributed by atoms with Crippen molar-refractivity contribution in [2.45, 2.75) is 59.0 Å². The molecule has 1 aromatic rings. The number of rotatable bonds is 6. The average molecular weight is 409 g/mol. The smallest absolute Gasteiger partial charge is 0.225 e. The Morgan fingerprint density at radius 1 is 1.10 bits per heavy atom. The zero-order valence-corrected chi connectivity index (χ0v) is 17.9. The molecule has 1 aromatic carbocycles. The van der Waals surface area contributed by atoms with E-state index in [4.69, 9.17) is 4.74 Å². The highest BCUT2D eigenvalue weighted by atomic mass is 19.1. The average Bonchev–Trinajstić information content (AvgIpc) is 2.69. The third-order valence-corrected chi connectivity index (χ3v) is 6.19. The Bertz CT molecular complexity index is 671. The zero-order valence-electron chi connectivity index (χ0n) is 17.9. The molecule has 0 aromatic heterocycles. The number of benzene rings is 1. The van der Waals surface area contributed by atoms with Crippen LogP contribution in [0.5, 0.6) is 5.75 Å².